The zero-order valence-corrected chi connectivity index (χ0v) is 11.4. The molecule has 1 aliphatic carbocycles. The van der Waals surface area contributed by atoms with E-state index in [9.17, 15) is 0 Å². The van der Waals surface area contributed by atoms with Crippen molar-refractivity contribution >= 4 is 0 Å². The molecule has 2 heteroatoms. The van der Waals surface area contributed by atoms with Gasteiger partial charge in [0.15, 0.2) is 0 Å². The molecule has 1 aromatic rings. The van der Waals surface area contributed by atoms with E-state index in [0.29, 0.717) is 12.1 Å². The van der Waals surface area contributed by atoms with Crippen LogP contribution in [0.5, 0.6) is 5.75 Å². The lowest BCUT2D eigenvalue weighted by Crippen LogP contribution is -2.31. The van der Waals surface area contributed by atoms with Gasteiger partial charge >= 0.3 is 0 Å². The third-order valence-corrected chi connectivity index (χ3v) is 3.55. The number of ether oxygens (including phenoxy) is 1. The van der Waals surface area contributed by atoms with Crippen molar-refractivity contribution in [1.82, 2.24) is 5.32 Å². The molecular weight excluding hydrogens is 222 g/mol. The molecular formula is C16H23NO. The van der Waals surface area contributed by atoms with Gasteiger partial charge in [-0.1, -0.05) is 18.2 Å². The summed E-state index contributed by atoms with van der Waals surface area (Å²) in [6, 6.07) is 9.40. The summed E-state index contributed by atoms with van der Waals surface area (Å²) >= 11 is 0. The van der Waals surface area contributed by atoms with Gasteiger partial charge in [0.25, 0.3) is 0 Å². The van der Waals surface area contributed by atoms with Crippen LogP contribution in [0.15, 0.2) is 36.9 Å². The Kier molecular flexibility index (Phi) is 4.43. The lowest BCUT2D eigenvalue weighted by molar-refractivity contribution is 0.409. The third-order valence-electron chi connectivity index (χ3n) is 3.55. The fourth-order valence-corrected chi connectivity index (χ4v) is 2.37. The van der Waals surface area contributed by atoms with E-state index in [0.717, 1.165) is 18.1 Å². The van der Waals surface area contributed by atoms with Crippen LogP contribution in [-0.2, 0) is 0 Å². The summed E-state index contributed by atoms with van der Waals surface area (Å²) in [6.07, 6.45) is 5.67. The summed E-state index contributed by atoms with van der Waals surface area (Å²) < 4.78 is 5.21. The van der Waals surface area contributed by atoms with E-state index < -0.39 is 0 Å². The molecule has 2 unspecified atom stereocenters. The van der Waals surface area contributed by atoms with Crippen LogP contribution < -0.4 is 10.1 Å². The molecule has 98 valence electrons. The van der Waals surface area contributed by atoms with E-state index in [-0.39, 0.29) is 0 Å². The molecule has 0 bridgehead atoms. The van der Waals surface area contributed by atoms with Crippen LogP contribution >= 0.6 is 0 Å². The molecule has 0 radical (unpaired) electrons. The van der Waals surface area contributed by atoms with Gasteiger partial charge in [0.2, 0.25) is 0 Å². The van der Waals surface area contributed by atoms with Crippen LogP contribution in [0.1, 0.15) is 37.8 Å². The maximum Gasteiger partial charge on any atom is 0.118 e. The minimum Gasteiger partial charge on any atom is -0.497 e. The normalized spacial score (nSPS) is 18.1. The van der Waals surface area contributed by atoms with Gasteiger partial charge in [0.05, 0.1) is 7.11 Å². The molecule has 0 aromatic heterocycles. The number of benzene rings is 1. The van der Waals surface area contributed by atoms with Crippen molar-refractivity contribution < 1.29 is 4.74 Å². The molecule has 1 N–H and O–H groups in total. The molecule has 2 atom stereocenters. The highest BCUT2D eigenvalue weighted by atomic mass is 16.5. The van der Waals surface area contributed by atoms with Crippen molar-refractivity contribution in [3.05, 3.63) is 42.5 Å². The van der Waals surface area contributed by atoms with Crippen molar-refractivity contribution in [2.45, 2.75) is 38.3 Å². The van der Waals surface area contributed by atoms with Gasteiger partial charge in [-0.2, -0.15) is 0 Å². The number of hydrogen-bond donors (Lipinski definition) is 1. The maximum absolute atomic E-state index is 5.21. The largest absolute Gasteiger partial charge is 0.497 e. The van der Waals surface area contributed by atoms with Crippen molar-refractivity contribution in [3.63, 3.8) is 0 Å². The second-order valence-electron chi connectivity index (χ2n) is 5.18. The quantitative estimate of drug-likeness (QED) is 0.740. The number of nitrogens with one attached hydrogen (secondary N) is 1. The van der Waals surface area contributed by atoms with Crippen molar-refractivity contribution in [2.75, 3.05) is 7.11 Å². The van der Waals surface area contributed by atoms with Gasteiger partial charge < -0.3 is 10.1 Å². The molecule has 18 heavy (non-hydrogen) atoms. The van der Waals surface area contributed by atoms with Crippen molar-refractivity contribution in [1.29, 1.82) is 0 Å². The van der Waals surface area contributed by atoms with Gasteiger partial charge in [0.1, 0.15) is 5.75 Å². The fraction of sp³-hybridized carbons (Fsp3) is 0.500. The Labute approximate surface area is 110 Å². The second-order valence-corrected chi connectivity index (χ2v) is 5.18. The van der Waals surface area contributed by atoms with Gasteiger partial charge in [-0.05, 0) is 49.8 Å². The second kappa shape index (κ2) is 6.05. The molecule has 0 saturated heterocycles. The van der Waals surface area contributed by atoms with Crippen LogP contribution in [0, 0.1) is 5.92 Å². The van der Waals surface area contributed by atoms with Crippen LogP contribution in [0.25, 0.3) is 0 Å². The molecule has 1 aromatic carbocycles. The van der Waals surface area contributed by atoms with E-state index >= 15 is 0 Å². The standard InChI is InChI=1S/C16H23NO/c1-4-5-12(2)17-16(13-6-7-13)14-8-10-15(18-3)11-9-14/h4,8-13,16-17H,1,5-7H2,2-3H3. The molecule has 1 fully saturated rings. The average Bonchev–Trinajstić information content (AvgIpc) is 3.21. The molecule has 0 aliphatic heterocycles. The number of methoxy groups -OCH3 is 1. The zero-order valence-electron chi connectivity index (χ0n) is 11.4. The average molecular weight is 245 g/mol. The minimum atomic E-state index is 0.478. The van der Waals surface area contributed by atoms with E-state index in [1.807, 2.05) is 18.2 Å². The summed E-state index contributed by atoms with van der Waals surface area (Å²) in [7, 11) is 1.71. The van der Waals surface area contributed by atoms with Crippen LogP contribution in [0.3, 0.4) is 0 Å². The van der Waals surface area contributed by atoms with Crippen LogP contribution in [0.2, 0.25) is 0 Å². The lowest BCUT2D eigenvalue weighted by Gasteiger charge is -2.23. The molecule has 0 spiro atoms. The first kappa shape index (κ1) is 13.2. The Balaban J connectivity index is 2.06. The minimum absolute atomic E-state index is 0.478. The monoisotopic (exact) mass is 245 g/mol. The maximum atomic E-state index is 5.21. The molecule has 1 saturated carbocycles. The van der Waals surface area contributed by atoms with Crippen molar-refractivity contribution in [3.8, 4) is 5.75 Å². The highest BCUT2D eigenvalue weighted by Gasteiger charge is 2.32. The predicted molar refractivity (Wildman–Crippen MR) is 75.9 cm³/mol. The van der Waals surface area contributed by atoms with Gasteiger partial charge in [-0.15, -0.1) is 6.58 Å². The Morgan fingerprint density at radius 2 is 2.06 bits per heavy atom. The Morgan fingerprint density at radius 1 is 1.39 bits per heavy atom. The SMILES string of the molecule is C=CCC(C)NC(c1ccc(OC)cc1)C1CC1. The van der Waals surface area contributed by atoms with Crippen LogP contribution in [-0.4, -0.2) is 13.2 Å². The van der Waals surface area contributed by atoms with Crippen LogP contribution in [0.4, 0.5) is 0 Å². The zero-order chi connectivity index (χ0) is 13.0. The lowest BCUT2D eigenvalue weighted by atomic mass is 10.0. The van der Waals surface area contributed by atoms with E-state index in [4.69, 9.17) is 4.74 Å². The summed E-state index contributed by atoms with van der Waals surface area (Å²) in [5, 5.41) is 3.72. The van der Waals surface area contributed by atoms with Gasteiger partial charge in [0, 0.05) is 12.1 Å². The van der Waals surface area contributed by atoms with E-state index in [1.54, 1.807) is 7.11 Å². The molecule has 1 aliphatic rings. The highest BCUT2D eigenvalue weighted by Crippen LogP contribution is 2.41. The first-order valence-corrected chi connectivity index (χ1v) is 6.75. The Hall–Kier alpha value is -1.28. The molecule has 2 nitrogen and oxygen atoms in total. The molecule has 2 rings (SSSR count). The fourth-order valence-electron chi connectivity index (χ4n) is 2.37. The van der Waals surface area contributed by atoms with E-state index in [1.165, 1.54) is 18.4 Å². The Bertz CT molecular complexity index is 381. The molecule has 0 amide bonds. The Morgan fingerprint density at radius 3 is 2.56 bits per heavy atom. The summed E-state index contributed by atoms with van der Waals surface area (Å²) in [5.74, 6) is 1.72. The summed E-state index contributed by atoms with van der Waals surface area (Å²) in [6.45, 7) is 6.03. The smallest absolute Gasteiger partial charge is 0.118 e. The third kappa shape index (κ3) is 3.36. The highest BCUT2D eigenvalue weighted by molar-refractivity contribution is 5.30. The van der Waals surface area contributed by atoms with Gasteiger partial charge in [-0.3, -0.25) is 0 Å². The summed E-state index contributed by atoms with van der Waals surface area (Å²) in [4.78, 5) is 0. The summed E-state index contributed by atoms with van der Waals surface area (Å²) in [5.41, 5.74) is 1.37. The van der Waals surface area contributed by atoms with Gasteiger partial charge in [-0.25, -0.2) is 0 Å². The number of hydrogen-bond acceptors (Lipinski definition) is 2. The first-order chi connectivity index (χ1) is 8.74. The topological polar surface area (TPSA) is 21.3 Å². The first-order valence-electron chi connectivity index (χ1n) is 6.75. The predicted octanol–water partition coefficient (Wildman–Crippen LogP) is 3.70. The molecule has 0 heterocycles. The van der Waals surface area contributed by atoms with E-state index in [2.05, 4.69) is 31.0 Å². The van der Waals surface area contributed by atoms with Crippen molar-refractivity contribution in [2.24, 2.45) is 5.92 Å². The number of rotatable bonds is 7.